The van der Waals surface area contributed by atoms with Crippen LogP contribution in [-0.4, -0.2) is 56.0 Å². The van der Waals surface area contributed by atoms with E-state index in [4.69, 9.17) is 0 Å². The Hall–Kier alpha value is -1.19. The van der Waals surface area contributed by atoms with Crippen LogP contribution in [0.3, 0.4) is 0 Å². The number of nitrogens with zero attached hydrogens (tertiary/aromatic N) is 1. The summed E-state index contributed by atoms with van der Waals surface area (Å²) in [7, 11) is -2.59. The zero-order chi connectivity index (χ0) is 16.9. The smallest absolute Gasteiger partial charge is 0.322 e. The van der Waals surface area contributed by atoms with E-state index in [-0.39, 0.29) is 30.9 Å². The lowest BCUT2D eigenvalue weighted by atomic mass is 9.99. The van der Waals surface area contributed by atoms with Crippen molar-refractivity contribution in [2.24, 2.45) is 11.8 Å². The van der Waals surface area contributed by atoms with Gasteiger partial charge in [-0.05, 0) is 18.8 Å². The topological polar surface area (TPSA) is 113 Å². The van der Waals surface area contributed by atoms with Crippen molar-refractivity contribution in [1.82, 2.24) is 9.03 Å². The van der Waals surface area contributed by atoms with Crippen molar-refractivity contribution in [3.05, 3.63) is 0 Å². The SMILES string of the molecule is CC[C@H](C)[C@H](NS(=O)(=O)N1CCC(C(=O)OC)CC1)C(=O)O. The van der Waals surface area contributed by atoms with Crippen molar-refractivity contribution >= 4 is 22.1 Å². The van der Waals surface area contributed by atoms with Crippen LogP contribution in [0.5, 0.6) is 0 Å². The minimum absolute atomic E-state index is 0.169. The maximum atomic E-state index is 12.3. The third-order valence-corrected chi connectivity index (χ3v) is 5.68. The number of hydrogen-bond acceptors (Lipinski definition) is 5. The fourth-order valence-corrected chi connectivity index (χ4v) is 3.87. The largest absolute Gasteiger partial charge is 0.480 e. The second kappa shape index (κ2) is 7.89. The van der Waals surface area contributed by atoms with E-state index in [0.717, 1.165) is 0 Å². The van der Waals surface area contributed by atoms with Gasteiger partial charge in [-0.3, -0.25) is 9.59 Å². The van der Waals surface area contributed by atoms with Crippen LogP contribution >= 0.6 is 0 Å². The Bertz CT molecular complexity index is 499. The molecular formula is C13H24N2O6S. The molecule has 1 saturated heterocycles. The third kappa shape index (κ3) is 4.65. The molecule has 128 valence electrons. The molecule has 0 amide bonds. The molecule has 1 aliphatic heterocycles. The summed E-state index contributed by atoms with van der Waals surface area (Å²) in [6.45, 7) is 3.82. The first-order chi connectivity index (χ1) is 10.2. The molecule has 1 fully saturated rings. The molecule has 0 radical (unpaired) electrons. The van der Waals surface area contributed by atoms with Gasteiger partial charge in [-0.1, -0.05) is 20.3 Å². The molecule has 0 spiro atoms. The molecule has 0 aromatic carbocycles. The number of carboxylic acid groups (broad SMARTS) is 1. The second-order valence-corrected chi connectivity index (χ2v) is 7.22. The monoisotopic (exact) mass is 336 g/mol. The molecule has 2 N–H and O–H groups in total. The second-order valence-electron chi connectivity index (χ2n) is 5.52. The first-order valence-electron chi connectivity index (χ1n) is 7.31. The fraction of sp³-hybridized carbons (Fsp3) is 0.846. The Morgan fingerprint density at radius 2 is 1.91 bits per heavy atom. The number of nitrogens with one attached hydrogen (secondary N) is 1. The van der Waals surface area contributed by atoms with Crippen LogP contribution in [0.4, 0.5) is 0 Å². The highest BCUT2D eigenvalue weighted by molar-refractivity contribution is 7.87. The van der Waals surface area contributed by atoms with Gasteiger partial charge in [0, 0.05) is 13.1 Å². The number of carboxylic acids is 1. The van der Waals surface area contributed by atoms with Crippen LogP contribution in [0.2, 0.25) is 0 Å². The van der Waals surface area contributed by atoms with E-state index in [0.29, 0.717) is 19.3 Å². The van der Waals surface area contributed by atoms with Gasteiger partial charge in [-0.2, -0.15) is 17.4 Å². The van der Waals surface area contributed by atoms with E-state index in [9.17, 15) is 23.1 Å². The van der Waals surface area contributed by atoms with Crippen LogP contribution in [0, 0.1) is 11.8 Å². The van der Waals surface area contributed by atoms with Gasteiger partial charge >= 0.3 is 11.9 Å². The summed E-state index contributed by atoms with van der Waals surface area (Å²) in [5.41, 5.74) is 0. The van der Waals surface area contributed by atoms with Crippen molar-refractivity contribution < 1.29 is 27.9 Å². The standard InChI is InChI=1S/C13H24N2O6S/c1-4-9(2)11(12(16)17)14-22(19,20)15-7-5-10(6-8-15)13(18)21-3/h9-11,14H,4-8H2,1-3H3,(H,16,17)/t9-,11-/m0/s1. The van der Waals surface area contributed by atoms with Crippen molar-refractivity contribution in [1.29, 1.82) is 0 Å². The van der Waals surface area contributed by atoms with E-state index in [1.165, 1.54) is 11.4 Å². The third-order valence-electron chi connectivity index (χ3n) is 4.08. The lowest BCUT2D eigenvalue weighted by Crippen LogP contribution is -2.52. The molecular weight excluding hydrogens is 312 g/mol. The minimum Gasteiger partial charge on any atom is -0.480 e. The molecule has 1 aliphatic rings. The maximum Gasteiger partial charge on any atom is 0.322 e. The molecule has 1 rings (SSSR count). The van der Waals surface area contributed by atoms with Crippen LogP contribution < -0.4 is 4.72 Å². The van der Waals surface area contributed by atoms with Crippen molar-refractivity contribution in [3.8, 4) is 0 Å². The predicted octanol–water partition coefficient (Wildman–Crippen LogP) is 0.205. The van der Waals surface area contributed by atoms with Crippen LogP contribution in [-0.2, 0) is 24.5 Å². The zero-order valence-electron chi connectivity index (χ0n) is 13.1. The number of esters is 1. The van der Waals surface area contributed by atoms with Gasteiger partial charge in [0.15, 0.2) is 0 Å². The number of ether oxygens (including phenoxy) is 1. The Kier molecular flexibility index (Phi) is 6.76. The highest BCUT2D eigenvalue weighted by Crippen LogP contribution is 2.21. The molecule has 0 saturated carbocycles. The first-order valence-corrected chi connectivity index (χ1v) is 8.75. The number of hydrogen-bond donors (Lipinski definition) is 2. The van der Waals surface area contributed by atoms with Gasteiger partial charge in [0.05, 0.1) is 13.0 Å². The Balaban J connectivity index is 2.71. The number of carbonyl (C=O) groups excluding carboxylic acids is 1. The summed E-state index contributed by atoms with van der Waals surface area (Å²) in [5, 5.41) is 9.18. The summed E-state index contributed by atoms with van der Waals surface area (Å²) in [6, 6.07) is -1.16. The molecule has 0 bridgehead atoms. The number of aliphatic carboxylic acids is 1. The summed E-state index contributed by atoms with van der Waals surface area (Å²) in [4.78, 5) is 22.7. The quantitative estimate of drug-likeness (QED) is 0.642. The van der Waals surface area contributed by atoms with Gasteiger partial charge in [0.2, 0.25) is 0 Å². The highest BCUT2D eigenvalue weighted by Gasteiger charge is 2.35. The van der Waals surface area contributed by atoms with E-state index in [1.54, 1.807) is 13.8 Å². The Morgan fingerprint density at radius 1 is 1.36 bits per heavy atom. The van der Waals surface area contributed by atoms with Crippen molar-refractivity contribution in [3.63, 3.8) is 0 Å². The molecule has 22 heavy (non-hydrogen) atoms. The number of rotatable bonds is 7. The highest BCUT2D eigenvalue weighted by atomic mass is 32.2. The number of carbonyl (C=O) groups is 2. The van der Waals surface area contributed by atoms with Crippen molar-refractivity contribution in [2.45, 2.75) is 39.2 Å². The summed E-state index contributed by atoms with van der Waals surface area (Å²) < 4.78 is 32.7. The van der Waals surface area contributed by atoms with E-state index >= 15 is 0 Å². The number of piperidine rings is 1. The van der Waals surface area contributed by atoms with Crippen LogP contribution in [0.1, 0.15) is 33.1 Å². The molecule has 0 aliphatic carbocycles. The fourth-order valence-electron chi connectivity index (χ4n) is 2.38. The molecule has 0 aromatic rings. The minimum atomic E-state index is -3.89. The molecule has 2 atom stereocenters. The molecule has 0 aromatic heterocycles. The lowest BCUT2D eigenvalue weighted by Gasteiger charge is -2.31. The first kappa shape index (κ1) is 18.9. The van der Waals surface area contributed by atoms with E-state index in [2.05, 4.69) is 9.46 Å². The average Bonchev–Trinajstić information content (AvgIpc) is 2.51. The van der Waals surface area contributed by atoms with E-state index < -0.39 is 22.2 Å². The Labute approximate surface area is 131 Å². The van der Waals surface area contributed by atoms with Crippen LogP contribution in [0.25, 0.3) is 0 Å². The predicted molar refractivity (Wildman–Crippen MR) is 79.2 cm³/mol. The number of methoxy groups -OCH3 is 1. The molecule has 8 nitrogen and oxygen atoms in total. The molecule has 9 heteroatoms. The maximum absolute atomic E-state index is 12.3. The summed E-state index contributed by atoms with van der Waals surface area (Å²) >= 11 is 0. The van der Waals surface area contributed by atoms with Gasteiger partial charge in [0.25, 0.3) is 10.2 Å². The summed E-state index contributed by atoms with van der Waals surface area (Å²) in [6.07, 6.45) is 1.28. The lowest BCUT2D eigenvalue weighted by molar-refractivity contribution is -0.146. The van der Waals surface area contributed by atoms with Gasteiger partial charge in [-0.25, -0.2) is 0 Å². The zero-order valence-corrected chi connectivity index (χ0v) is 13.9. The Morgan fingerprint density at radius 3 is 2.32 bits per heavy atom. The van der Waals surface area contributed by atoms with Gasteiger partial charge in [-0.15, -0.1) is 0 Å². The summed E-state index contributed by atoms with van der Waals surface area (Å²) in [5.74, 6) is -2.16. The van der Waals surface area contributed by atoms with Gasteiger partial charge in [0.1, 0.15) is 6.04 Å². The van der Waals surface area contributed by atoms with Crippen LogP contribution in [0.15, 0.2) is 0 Å². The average molecular weight is 336 g/mol. The normalized spacial score (nSPS) is 20.3. The van der Waals surface area contributed by atoms with Gasteiger partial charge < -0.3 is 9.84 Å². The molecule has 1 heterocycles. The molecule has 0 unspecified atom stereocenters. The van der Waals surface area contributed by atoms with Crippen molar-refractivity contribution in [2.75, 3.05) is 20.2 Å². The van der Waals surface area contributed by atoms with E-state index in [1.807, 2.05) is 0 Å².